The maximum atomic E-state index is 12.6. The molecule has 0 fully saturated rings. The fourth-order valence-electron chi connectivity index (χ4n) is 2.22. The zero-order valence-corrected chi connectivity index (χ0v) is 18.8. The highest BCUT2D eigenvalue weighted by Crippen LogP contribution is 2.56. The van der Waals surface area contributed by atoms with Gasteiger partial charge in [0.15, 0.2) is 0 Å². The number of esters is 1. The molecule has 0 radical (unpaired) electrons. The summed E-state index contributed by atoms with van der Waals surface area (Å²) in [6.45, 7) is 13.3. The van der Waals surface area contributed by atoms with Crippen molar-refractivity contribution < 1.29 is 38.5 Å². The first-order valence-corrected chi connectivity index (χ1v) is 10.4. The maximum Gasteiger partial charge on any atom is 0.401 e. The monoisotopic (exact) mass is 413 g/mol. The molecule has 3 N–H and O–H groups in total. The van der Waals surface area contributed by atoms with Crippen molar-refractivity contribution in [2.45, 2.75) is 84.8 Å². The molecule has 0 aliphatic carbocycles. The Balaban J connectivity index is 6.26. The molecule has 162 valence electrons. The number of aliphatic hydroxyl groups is 1. The molecule has 0 spiro atoms. The molecular formula is C17H36NO8P. The molecule has 0 heterocycles. The standard InChI is InChI=1S/C17H36NO8P/c1-14(2,3)24-13(20)12-18(10-11-19)17(27(21,22)23,25-15(4,5)6)26-16(7,8)9/h19H,10-12H2,1-9H3,(H2,21,22,23). The Hall–Kier alpha value is -0.540. The van der Waals surface area contributed by atoms with Crippen LogP contribution in [0.5, 0.6) is 0 Å². The minimum absolute atomic E-state index is 0.281. The molecule has 0 aliphatic rings. The third kappa shape index (κ3) is 9.47. The van der Waals surface area contributed by atoms with Crippen molar-refractivity contribution >= 4 is 13.6 Å². The van der Waals surface area contributed by atoms with Gasteiger partial charge in [0.05, 0.1) is 17.8 Å². The molecule has 0 bridgehead atoms. The largest absolute Gasteiger partial charge is 0.459 e. The molecule has 0 rings (SSSR count). The quantitative estimate of drug-likeness (QED) is 0.311. The summed E-state index contributed by atoms with van der Waals surface area (Å²) in [6.07, 6.45) is 0. The lowest BCUT2D eigenvalue weighted by molar-refractivity contribution is -0.334. The van der Waals surface area contributed by atoms with Crippen LogP contribution >= 0.6 is 7.60 Å². The average molecular weight is 413 g/mol. The molecular weight excluding hydrogens is 377 g/mol. The number of ether oxygens (including phenoxy) is 3. The predicted molar refractivity (Wildman–Crippen MR) is 101 cm³/mol. The highest BCUT2D eigenvalue weighted by atomic mass is 31.2. The van der Waals surface area contributed by atoms with Crippen molar-refractivity contribution in [3.05, 3.63) is 0 Å². The average Bonchev–Trinajstić information content (AvgIpc) is 2.29. The molecule has 0 unspecified atom stereocenters. The summed E-state index contributed by atoms with van der Waals surface area (Å²) in [5.41, 5.74) is -5.44. The van der Waals surface area contributed by atoms with E-state index in [0.717, 1.165) is 4.90 Å². The Morgan fingerprint density at radius 3 is 1.56 bits per heavy atom. The van der Waals surface area contributed by atoms with Gasteiger partial charge in [0, 0.05) is 6.54 Å². The number of rotatable bonds is 8. The van der Waals surface area contributed by atoms with Crippen molar-refractivity contribution in [2.24, 2.45) is 0 Å². The van der Waals surface area contributed by atoms with E-state index in [0.29, 0.717) is 0 Å². The predicted octanol–water partition coefficient (Wildman–Crippen LogP) is 2.04. The highest BCUT2D eigenvalue weighted by Gasteiger charge is 2.59. The van der Waals surface area contributed by atoms with Crippen molar-refractivity contribution in [1.82, 2.24) is 4.90 Å². The van der Waals surface area contributed by atoms with Crippen LogP contribution in [0.2, 0.25) is 0 Å². The third-order valence-electron chi connectivity index (χ3n) is 2.76. The molecule has 0 saturated heterocycles. The molecule has 0 aromatic heterocycles. The lowest BCUT2D eigenvalue weighted by Crippen LogP contribution is -2.60. The second-order valence-corrected chi connectivity index (χ2v) is 10.9. The van der Waals surface area contributed by atoms with E-state index in [-0.39, 0.29) is 6.54 Å². The van der Waals surface area contributed by atoms with Gasteiger partial charge >= 0.3 is 19.2 Å². The SMILES string of the molecule is CC(C)(C)OC(=O)CN(CCO)C(OC(C)(C)C)(OC(C)(C)C)P(=O)(O)O. The van der Waals surface area contributed by atoms with Crippen LogP contribution in [0.15, 0.2) is 0 Å². The third-order valence-corrected chi connectivity index (χ3v) is 3.96. The summed E-state index contributed by atoms with van der Waals surface area (Å²) in [6, 6.07) is 0. The van der Waals surface area contributed by atoms with E-state index in [1.807, 2.05) is 0 Å². The molecule has 27 heavy (non-hydrogen) atoms. The maximum absolute atomic E-state index is 12.6. The van der Waals surface area contributed by atoms with Crippen LogP contribution in [0.3, 0.4) is 0 Å². The zero-order chi connectivity index (χ0) is 21.9. The van der Waals surface area contributed by atoms with Gasteiger partial charge in [0.1, 0.15) is 12.1 Å². The minimum Gasteiger partial charge on any atom is -0.459 e. The van der Waals surface area contributed by atoms with E-state index in [9.17, 15) is 24.3 Å². The first-order valence-electron chi connectivity index (χ1n) is 8.76. The Labute approximate surface area is 162 Å². The van der Waals surface area contributed by atoms with E-state index < -0.39 is 49.2 Å². The van der Waals surface area contributed by atoms with Crippen molar-refractivity contribution in [2.75, 3.05) is 19.7 Å². The lowest BCUT2D eigenvalue weighted by atomic mass is 10.2. The van der Waals surface area contributed by atoms with Gasteiger partial charge in [-0.25, -0.2) is 4.90 Å². The van der Waals surface area contributed by atoms with Gasteiger partial charge in [-0.15, -0.1) is 0 Å². The topological polar surface area (TPSA) is 126 Å². The van der Waals surface area contributed by atoms with E-state index >= 15 is 0 Å². The number of carbonyl (C=O) groups is 1. The van der Waals surface area contributed by atoms with E-state index in [4.69, 9.17) is 14.2 Å². The summed E-state index contributed by atoms with van der Waals surface area (Å²) in [5.74, 6) is -0.733. The van der Waals surface area contributed by atoms with Crippen molar-refractivity contribution in [3.63, 3.8) is 0 Å². The molecule has 0 amide bonds. The molecule has 0 aromatic rings. The summed E-state index contributed by atoms with van der Waals surface area (Å²) in [5, 5.41) is 9.45. The molecule has 10 heteroatoms. The number of aliphatic hydroxyl groups excluding tert-OH is 1. The zero-order valence-electron chi connectivity index (χ0n) is 17.9. The van der Waals surface area contributed by atoms with Gasteiger partial charge < -0.3 is 29.1 Å². The van der Waals surface area contributed by atoms with Crippen LogP contribution in [0.1, 0.15) is 62.3 Å². The summed E-state index contributed by atoms with van der Waals surface area (Å²) < 4.78 is 29.3. The first-order chi connectivity index (χ1) is 11.7. The van der Waals surface area contributed by atoms with Gasteiger partial charge in [-0.1, -0.05) is 0 Å². The van der Waals surface area contributed by atoms with Crippen LogP contribution in [0.25, 0.3) is 0 Å². The van der Waals surface area contributed by atoms with Crippen molar-refractivity contribution in [1.29, 1.82) is 0 Å². The summed E-state index contributed by atoms with van der Waals surface area (Å²) in [7, 11) is -5.13. The van der Waals surface area contributed by atoms with Gasteiger partial charge in [0.2, 0.25) is 0 Å². The number of hydrogen-bond donors (Lipinski definition) is 3. The van der Waals surface area contributed by atoms with Gasteiger partial charge in [-0.3, -0.25) is 9.36 Å². The Kier molecular flexibility index (Phi) is 8.68. The van der Waals surface area contributed by atoms with Crippen LogP contribution in [-0.2, 0) is 23.6 Å². The second-order valence-electron chi connectivity index (χ2n) is 9.25. The normalized spacial score (nSPS) is 14.6. The smallest absolute Gasteiger partial charge is 0.401 e. The van der Waals surface area contributed by atoms with Crippen LogP contribution in [-0.4, -0.2) is 67.9 Å². The van der Waals surface area contributed by atoms with Crippen LogP contribution < -0.4 is 0 Å². The Bertz CT molecular complexity index is 523. The molecule has 0 aromatic carbocycles. The van der Waals surface area contributed by atoms with Gasteiger partial charge in [-0.2, -0.15) is 0 Å². The molecule has 9 nitrogen and oxygen atoms in total. The fourth-order valence-corrected chi connectivity index (χ4v) is 3.55. The summed E-state index contributed by atoms with van der Waals surface area (Å²) in [4.78, 5) is 33.7. The van der Waals surface area contributed by atoms with Gasteiger partial charge in [0.25, 0.3) is 0 Å². The summed E-state index contributed by atoms with van der Waals surface area (Å²) >= 11 is 0. The number of nitrogens with zero attached hydrogens (tertiary/aromatic N) is 1. The highest BCUT2D eigenvalue weighted by molar-refractivity contribution is 7.53. The lowest BCUT2D eigenvalue weighted by Gasteiger charge is -2.47. The van der Waals surface area contributed by atoms with E-state index in [1.54, 1.807) is 62.3 Å². The van der Waals surface area contributed by atoms with Crippen LogP contribution in [0, 0.1) is 0 Å². The first kappa shape index (κ1) is 26.5. The molecule has 0 saturated carbocycles. The Morgan fingerprint density at radius 2 is 1.30 bits per heavy atom. The van der Waals surface area contributed by atoms with Crippen molar-refractivity contribution in [3.8, 4) is 0 Å². The number of hydrogen-bond acceptors (Lipinski definition) is 7. The van der Waals surface area contributed by atoms with E-state index in [1.165, 1.54) is 0 Å². The Morgan fingerprint density at radius 1 is 0.889 bits per heavy atom. The fraction of sp³-hybridized carbons (Fsp3) is 0.941. The van der Waals surface area contributed by atoms with Gasteiger partial charge in [-0.05, 0) is 62.3 Å². The molecule has 0 aliphatic heterocycles. The second kappa shape index (κ2) is 8.86. The van der Waals surface area contributed by atoms with Crippen LogP contribution in [0.4, 0.5) is 0 Å². The van der Waals surface area contributed by atoms with E-state index in [2.05, 4.69) is 0 Å². The number of carbonyl (C=O) groups excluding carboxylic acids is 1. The molecule has 0 atom stereocenters. The minimum atomic E-state index is -5.13.